The zero-order valence-electron chi connectivity index (χ0n) is 15.4. The number of hydrogen-bond acceptors (Lipinski definition) is 3. The van der Waals surface area contributed by atoms with Crippen molar-refractivity contribution in [2.75, 3.05) is 53.0 Å². The van der Waals surface area contributed by atoms with Crippen molar-refractivity contribution in [3.8, 4) is 0 Å². The van der Waals surface area contributed by atoms with Crippen LogP contribution < -0.4 is 10.6 Å². The lowest BCUT2D eigenvalue weighted by Gasteiger charge is -2.18. The molecule has 5 nitrogen and oxygen atoms in total. The van der Waals surface area contributed by atoms with Crippen molar-refractivity contribution >= 4 is 29.9 Å². The molecule has 0 radical (unpaired) electrons. The first-order chi connectivity index (χ1) is 11.3. The lowest BCUT2D eigenvalue weighted by atomic mass is 10.1. The fraction of sp³-hybridized carbons (Fsp3) is 0.938. The van der Waals surface area contributed by atoms with E-state index >= 15 is 0 Å². The maximum absolute atomic E-state index is 12.4. The van der Waals surface area contributed by atoms with Gasteiger partial charge in [-0.3, -0.25) is 9.89 Å². The molecule has 9 heteroatoms. The van der Waals surface area contributed by atoms with Crippen LogP contribution in [0.1, 0.15) is 26.7 Å². The molecule has 1 rings (SSSR count). The highest BCUT2D eigenvalue weighted by atomic mass is 127. The molecule has 0 aromatic carbocycles. The Morgan fingerprint density at radius 2 is 2.00 bits per heavy atom. The molecule has 150 valence electrons. The molecule has 2 N–H and O–H groups in total. The Hall–Kier alpha value is -0.290. The van der Waals surface area contributed by atoms with E-state index in [1.54, 1.807) is 7.05 Å². The van der Waals surface area contributed by atoms with Crippen LogP contribution in [0.15, 0.2) is 4.99 Å². The van der Waals surface area contributed by atoms with E-state index in [9.17, 15) is 13.2 Å². The van der Waals surface area contributed by atoms with E-state index in [0.717, 1.165) is 19.4 Å². The molecule has 1 atom stereocenters. The van der Waals surface area contributed by atoms with Gasteiger partial charge in [0, 0.05) is 33.3 Å². The predicted molar refractivity (Wildman–Crippen MR) is 106 cm³/mol. The monoisotopic (exact) mass is 480 g/mol. The van der Waals surface area contributed by atoms with Gasteiger partial charge >= 0.3 is 6.18 Å². The maximum atomic E-state index is 12.4. The zero-order valence-corrected chi connectivity index (χ0v) is 17.7. The van der Waals surface area contributed by atoms with E-state index in [2.05, 4.69) is 29.5 Å². The molecule has 25 heavy (non-hydrogen) atoms. The minimum absolute atomic E-state index is 0. The highest BCUT2D eigenvalue weighted by Gasteiger charge is 2.34. The number of rotatable bonds is 9. The van der Waals surface area contributed by atoms with Gasteiger partial charge in [0.1, 0.15) is 0 Å². The first-order valence-corrected chi connectivity index (χ1v) is 8.61. The number of aliphatic imine (C=N–C) groups is 1. The number of nitrogens with one attached hydrogen (secondary N) is 2. The van der Waals surface area contributed by atoms with Crippen molar-refractivity contribution in [1.29, 1.82) is 0 Å². The van der Waals surface area contributed by atoms with E-state index in [1.807, 2.05) is 0 Å². The fourth-order valence-corrected chi connectivity index (χ4v) is 2.60. The van der Waals surface area contributed by atoms with Crippen LogP contribution in [-0.4, -0.2) is 70.0 Å². The Morgan fingerprint density at radius 3 is 2.60 bits per heavy atom. The van der Waals surface area contributed by atoms with Crippen LogP contribution >= 0.6 is 24.0 Å². The van der Waals surface area contributed by atoms with Crippen molar-refractivity contribution in [2.45, 2.75) is 32.9 Å². The average molecular weight is 480 g/mol. The van der Waals surface area contributed by atoms with E-state index < -0.39 is 12.7 Å². The summed E-state index contributed by atoms with van der Waals surface area (Å²) < 4.78 is 42.7. The molecule has 1 saturated heterocycles. The van der Waals surface area contributed by atoms with Crippen LogP contribution in [0.3, 0.4) is 0 Å². The van der Waals surface area contributed by atoms with Gasteiger partial charge in [0.2, 0.25) is 0 Å². The molecule has 0 spiro atoms. The molecule has 0 amide bonds. The Kier molecular flexibility index (Phi) is 12.8. The molecular formula is C16H32F3IN4O. The van der Waals surface area contributed by atoms with Gasteiger partial charge in [0.05, 0.1) is 13.2 Å². The van der Waals surface area contributed by atoms with Gasteiger partial charge < -0.3 is 15.4 Å². The second kappa shape index (κ2) is 13.0. The molecule has 0 aromatic rings. The minimum Gasteiger partial charge on any atom is -0.380 e. The van der Waals surface area contributed by atoms with Gasteiger partial charge in [-0.15, -0.1) is 24.0 Å². The summed E-state index contributed by atoms with van der Waals surface area (Å²) in [6, 6.07) is 0. The number of alkyl halides is 3. The largest absolute Gasteiger partial charge is 0.401 e. The lowest BCUT2D eigenvalue weighted by Crippen LogP contribution is -2.41. The van der Waals surface area contributed by atoms with Gasteiger partial charge in [0.25, 0.3) is 0 Å². The number of ether oxygens (including phenoxy) is 1. The van der Waals surface area contributed by atoms with E-state index in [-0.39, 0.29) is 29.9 Å². The fourth-order valence-electron chi connectivity index (χ4n) is 2.60. The first-order valence-electron chi connectivity index (χ1n) is 8.61. The van der Waals surface area contributed by atoms with Gasteiger partial charge in [0.15, 0.2) is 5.96 Å². The second-order valence-electron chi connectivity index (χ2n) is 6.68. The molecule has 1 fully saturated rings. The van der Waals surface area contributed by atoms with Gasteiger partial charge in [-0.2, -0.15) is 13.2 Å². The SMILES string of the molecule is CN=C(NCCOCCC(C)C)NCC1CCN(CC(F)(F)F)C1.I. The summed E-state index contributed by atoms with van der Waals surface area (Å²) in [7, 11) is 1.68. The minimum atomic E-state index is -4.12. The Labute approximate surface area is 166 Å². The van der Waals surface area contributed by atoms with Crippen LogP contribution in [0, 0.1) is 11.8 Å². The summed E-state index contributed by atoms with van der Waals surface area (Å²) >= 11 is 0. The van der Waals surface area contributed by atoms with Crippen molar-refractivity contribution in [3.05, 3.63) is 0 Å². The third kappa shape index (κ3) is 12.7. The van der Waals surface area contributed by atoms with Crippen LogP contribution in [-0.2, 0) is 4.74 Å². The highest BCUT2D eigenvalue weighted by Crippen LogP contribution is 2.22. The summed E-state index contributed by atoms with van der Waals surface area (Å²) in [5, 5.41) is 6.33. The molecule has 1 aliphatic heterocycles. The van der Waals surface area contributed by atoms with Crippen molar-refractivity contribution in [2.24, 2.45) is 16.8 Å². The molecule has 0 saturated carbocycles. The van der Waals surface area contributed by atoms with Gasteiger partial charge in [-0.25, -0.2) is 0 Å². The molecule has 1 unspecified atom stereocenters. The van der Waals surface area contributed by atoms with E-state index in [4.69, 9.17) is 4.74 Å². The van der Waals surface area contributed by atoms with E-state index in [0.29, 0.717) is 44.7 Å². The Bertz CT molecular complexity index is 381. The topological polar surface area (TPSA) is 48.9 Å². The number of nitrogens with zero attached hydrogens (tertiary/aromatic N) is 2. The molecule has 0 aliphatic carbocycles. The second-order valence-corrected chi connectivity index (χ2v) is 6.68. The molecule has 1 heterocycles. The molecule has 1 aliphatic rings. The summed E-state index contributed by atoms with van der Waals surface area (Å²) in [4.78, 5) is 5.58. The van der Waals surface area contributed by atoms with Crippen LogP contribution in [0.5, 0.6) is 0 Å². The van der Waals surface area contributed by atoms with Crippen molar-refractivity contribution < 1.29 is 17.9 Å². The quantitative estimate of drug-likeness (QED) is 0.231. The van der Waals surface area contributed by atoms with Crippen LogP contribution in [0.2, 0.25) is 0 Å². The molecular weight excluding hydrogens is 448 g/mol. The Balaban J connectivity index is 0.00000576. The lowest BCUT2D eigenvalue weighted by molar-refractivity contribution is -0.143. The summed E-state index contributed by atoms with van der Waals surface area (Å²) in [5.41, 5.74) is 0. The van der Waals surface area contributed by atoms with Gasteiger partial charge in [-0.05, 0) is 31.2 Å². The van der Waals surface area contributed by atoms with Crippen molar-refractivity contribution in [1.82, 2.24) is 15.5 Å². The summed E-state index contributed by atoms with van der Waals surface area (Å²) in [6.07, 6.45) is -2.29. The van der Waals surface area contributed by atoms with E-state index in [1.165, 1.54) is 4.90 Å². The van der Waals surface area contributed by atoms with Gasteiger partial charge in [-0.1, -0.05) is 13.8 Å². The predicted octanol–water partition coefficient (Wildman–Crippen LogP) is 2.72. The summed E-state index contributed by atoms with van der Waals surface area (Å²) in [5.74, 6) is 1.51. The third-order valence-electron chi connectivity index (χ3n) is 3.93. The summed E-state index contributed by atoms with van der Waals surface area (Å²) in [6.45, 7) is 7.12. The van der Waals surface area contributed by atoms with Crippen LogP contribution in [0.4, 0.5) is 13.2 Å². The third-order valence-corrected chi connectivity index (χ3v) is 3.93. The number of likely N-dealkylation sites (tertiary alicyclic amines) is 1. The standard InChI is InChI=1S/C16H31F3N4O.HI/c1-13(2)5-8-24-9-6-21-15(20-3)22-10-14-4-7-23(11-14)12-16(17,18)19;/h13-14H,4-12H2,1-3H3,(H2,20,21,22);1H. The maximum Gasteiger partial charge on any atom is 0.401 e. The first kappa shape index (κ1) is 24.7. The normalized spacial score (nSPS) is 19.2. The van der Waals surface area contributed by atoms with Crippen molar-refractivity contribution in [3.63, 3.8) is 0 Å². The number of guanidine groups is 1. The average Bonchev–Trinajstić information content (AvgIpc) is 2.90. The number of hydrogen-bond donors (Lipinski definition) is 2. The van der Waals surface area contributed by atoms with Crippen LogP contribution in [0.25, 0.3) is 0 Å². The molecule has 0 aromatic heterocycles. The Morgan fingerprint density at radius 1 is 1.28 bits per heavy atom. The smallest absolute Gasteiger partial charge is 0.380 e. The highest BCUT2D eigenvalue weighted by molar-refractivity contribution is 14.0. The zero-order chi connectivity index (χ0) is 18.0. The number of halogens is 4. The molecule has 0 bridgehead atoms.